The second-order valence-corrected chi connectivity index (χ2v) is 5.32. The minimum absolute atomic E-state index is 0.0515. The van der Waals surface area contributed by atoms with Gasteiger partial charge in [0.15, 0.2) is 0 Å². The van der Waals surface area contributed by atoms with E-state index in [2.05, 4.69) is 23.8 Å². The molecule has 2 aliphatic rings. The van der Waals surface area contributed by atoms with Gasteiger partial charge in [0, 0.05) is 13.2 Å². The molecule has 19 heavy (non-hydrogen) atoms. The molecule has 0 unspecified atom stereocenters. The second kappa shape index (κ2) is 5.15. The first-order chi connectivity index (χ1) is 9.04. The minimum atomic E-state index is 0.0515. The van der Waals surface area contributed by atoms with Gasteiger partial charge in [-0.2, -0.15) is 0 Å². The zero-order valence-electron chi connectivity index (χ0n) is 12.2. The van der Waals surface area contributed by atoms with Crippen LogP contribution in [0.5, 0.6) is 0 Å². The van der Waals surface area contributed by atoms with Crippen molar-refractivity contribution < 1.29 is 4.79 Å². The fourth-order valence-corrected chi connectivity index (χ4v) is 2.26. The van der Waals surface area contributed by atoms with Gasteiger partial charge in [-0.1, -0.05) is 20.3 Å². The van der Waals surface area contributed by atoms with Crippen LogP contribution in [0.4, 0.5) is 10.6 Å². The van der Waals surface area contributed by atoms with Crippen LogP contribution in [0.3, 0.4) is 0 Å². The predicted molar refractivity (Wildman–Crippen MR) is 75.2 cm³/mol. The van der Waals surface area contributed by atoms with Gasteiger partial charge in [-0.15, -0.1) is 0 Å². The Kier molecular flexibility index (Phi) is 3.73. The van der Waals surface area contributed by atoms with Crippen molar-refractivity contribution >= 4 is 11.8 Å². The van der Waals surface area contributed by atoms with Crippen molar-refractivity contribution in [3.05, 3.63) is 18.1 Å². The summed E-state index contributed by atoms with van der Waals surface area (Å²) >= 11 is 0. The molecule has 3 rings (SSSR count). The third-order valence-electron chi connectivity index (χ3n) is 3.55. The summed E-state index contributed by atoms with van der Waals surface area (Å²) in [5.41, 5.74) is 0.0932. The number of hydrogen-bond donors (Lipinski definition) is 0. The Labute approximate surface area is 114 Å². The molecular formula is C14H22N4O. The lowest BCUT2D eigenvalue weighted by Gasteiger charge is -2.15. The average molecular weight is 262 g/mol. The summed E-state index contributed by atoms with van der Waals surface area (Å²) in [6, 6.07) is 1.84. The van der Waals surface area contributed by atoms with E-state index in [9.17, 15) is 4.79 Å². The SMILES string of the molecule is CCC.Cc1nccc(N2CC3(CC3)N(C)C2=O)n1. The maximum atomic E-state index is 12.1. The fraction of sp³-hybridized carbons (Fsp3) is 0.643. The number of aryl methyl sites for hydroxylation is 1. The highest BCUT2D eigenvalue weighted by Gasteiger charge is 2.56. The molecule has 1 spiro atoms. The molecule has 0 radical (unpaired) electrons. The molecule has 104 valence electrons. The number of aromatic nitrogens is 2. The largest absolute Gasteiger partial charge is 0.326 e. The summed E-state index contributed by atoms with van der Waals surface area (Å²) in [5.74, 6) is 1.41. The zero-order valence-corrected chi connectivity index (χ0v) is 12.2. The maximum Gasteiger partial charge on any atom is 0.326 e. The molecule has 2 amide bonds. The van der Waals surface area contributed by atoms with E-state index in [-0.39, 0.29) is 11.6 Å². The average Bonchev–Trinajstić information content (AvgIpc) is 3.11. The Hall–Kier alpha value is -1.65. The molecule has 1 aliphatic carbocycles. The number of hydrogen-bond acceptors (Lipinski definition) is 3. The molecule has 2 fully saturated rings. The van der Waals surface area contributed by atoms with Crippen LogP contribution < -0.4 is 4.90 Å². The van der Waals surface area contributed by atoms with Crippen molar-refractivity contribution in [3.8, 4) is 0 Å². The highest BCUT2D eigenvalue weighted by molar-refractivity contribution is 5.94. The standard InChI is InChI=1S/C11H14N4O.C3H8/c1-8-12-6-3-9(13-8)15-7-11(4-5-11)14(2)10(15)16;1-3-2/h3,6H,4-5,7H2,1-2H3;3H2,1-2H3. The quantitative estimate of drug-likeness (QED) is 0.781. The lowest BCUT2D eigenvalue weighted by molar-refractivity contribution is 0.215. The second-order valence-electron chi connectivity index (χ2n) is 5.32. The van der Waals surface area contributed by atoms with E-state index in [0.717, 1.165) is 19.4 Å². The first-order valence-electron chi connectivity index (χ1n) is 6.89. The van der Waals surface area contributed by atoms with Crippen LogP contribution in [0.15, 0.2) is 12.3 Å². The number of amides is 2. The lowest BCUT2D eigenvalue weighted by Crippen LogP contribution is -2.32. The Bertz CT molecular complexity index is 470. The maximum absolute atomic E-state index is 12.1. The minimum Gasteiger partial charge on any atom is -0.320 e. The Morgan fingerprint density at radius 3 is 2.47 bits per heavy atom. The van der Waals surface area contributed by atoms with E-state index in [4.69, 9.17) is 0 Å². The van der Waals surface area contributed by atoms with Gasteiger partial charge in [-0.3, -0.25) is 4.90 Å². The van der Waals surface area contributed by atoms with Crippen molar-refractivity contribution in [3.63, 3.8) is 0 Å². The molecule has 1 aromatic rings. The molecule has 0 bridgehead atoms. The van der Waals surface area contributed by atoms with Crippen molar-refractivity contribution in [2.24, 2.45) is 0 Å². The van der Waals surface area contributed by atoms with Crippen molar-refractivity contribution in [1.82, 2.24) is 14.9 Å². The summed E-state index contributed by atoms with van der Waals surface area (Å²) < 4.78 is 0. The van der Waals surface area contributed by atoms with Gasteiger partial charge in [0.05, 0.1) is 12.1 Å². The summed E-state index contributed by atoms with van der Waals surface area (Å²) in [6.45, 7) is 6.85. The Morgan fingerprint density at radius 2 is 2.00 bits per heavy atom. The smallest absolute Gasteiger partial charge is 0.320 e. The van der Waals surface area contributed by atoms with Gasteiger partial charge in [-0.05, 0) is 25.8 Å². The van der Waals surface area contributed by atoms with E-state index < -0.39 is 0 Å². The molecule has 5 nitrogen and oxygen atoms in total. The molecule has 2 heterocycles. The number of urea groups is 1. The number of carbonyl (C=O) groups is 1. The van der Waals surface area contributed by atoms with Gasteiger partial charge < -0.3 is 4.90 Å². The molecular weight excluding hydrogens is 240 g/mol. The topological polar surface area (TPSA) is 49.3 Å². The van der Waals surface area contributed by atoms with E-state index in [1.807, 2.05) is 18.9 Å². The van der Waals surface area contributed by atoms with Gasteiger partial charge in [0.1, 0.15) is 11.6 Å². The normalized spacial score (nSPS) is 19.5. The molecule has 1 aromatic heterocycles. The van der Waals surface area contributed by atoms with Gasteiger partial charge in [0.2, 0.25) is 0 Å². The highest BCUT2D eigenvalue weighted by Crippen LogP contribution is 2.46. The monoisotopic (exact) mass is 262 g/mol. The summed E-state index contributed by atoms with van der Waals surface area (Å²) in [7, 11) is 1.88. The van der Waals surface area contributed by atoms with E-state index in [1.165, 1.54) is 6.42 Å². The molecule has 1 saturated heterocycles. The van der Waals surface area contributed by atoms with Crippen LogP contribution in [-0.2, 0) is 0 Å². The first-order valence-corrected chi connectivity index (χ1v) is 6.89. The van der Waals surface area contributed by atoms with Crippen molar-refractivity contribution in [2.75, 3.05) is 18.5 Å². The van der Waals surface area contributed by atoms with Gasteiger partial charge in [0.25, 0.3) is 0 Å². The highest BCUT2D eigenvalue weighted by atomic mass is 16.2. The van der Waals surface area contributed by atoms with Crippen LogP contribution in [0.25, 0.3) is 0 Å². The fourth-order valence-electron chi connectivity index (χ4n) is 2.26. The summed E-state index contributed by atoms with van der Waals surface area (Å²) in [4.78, 5) is 24.0. The van der Waals surface area contributed by atoms with Crippen LogP contribution in [-0.4, -0.2) is 40.0 Å². The molecule has 5 heteroatoms. The van der Waals surface area contributed by atoms with Crippen LogP contribution in [0.1, 0.15) is 38.9 Å². The Balaban J connectivity index is 0.000000408. The van der Waals surface area contributed by atoms with Gasteiger partial charge in [-0.25, -0.2) is 14.8 Å². The van der Waals surface area contributed by atoms with Crippen LogP contribution in [0, 0.1) is 6.92 Å². The van der Waals surface area contributed by atoms with Gasteiger partial charge >= 0.3 is 6.03 Å². The third-order valence-corrected chi connectivity index (χ3v) is 3.55. The number of rotatable bonds is 1. The van der Waals surface area contributed by atoms with Crippen LogP contribution in [0.2, 0.25) is 0 Å². The van der Waals surface area contributed by atoms with E-state index in [0.29, 0.717) is 11.6 Å². The van der Waals surface area contributed by atoms with E-state index in [1.54, 1.807) is 17.2 Å². The summed E-state index contributed by atoms with van der Waals surface area (Å²) in [6.07, 6.45) is 5.16. The third kappa shape index (κ3) is 2.55. The van der Waals surface area contributed by atoms with Crippen molar-refractivity contribution in [1.29, 1.82) is 0 Å². The predicted octanol–water partition coefficient (Wildman–Crippen LogP) is 2.61. The molecule has 0 N–H and O–H groups in total. The first kappa shape index (κ1) is 13.8. The van der Waals surface area contributed by atoms with Crippen molar-refractivity contribution in [2.45, 2.75) is 45.6 Å². The number of nitrogens with zero attached hydrogens (tertiary/aromatic N) is 4. The molecule has 0 atom stereocenters. The molecule has 1 saturated carbocycles. The zero-order chi connectivity index (χ0) is 14.0. The molecule has 1 aliphatic heterocycles. The number of anilines is 1. The molecule has 0 aromatic carbocycles. The number of carbonyl (C=O) groups excluding carboxylic acids is 1. The number of likely N-dealkylation sites (N-methyl/N-ethyl adjacent to an activating group) is 1. The van der Waals surface area contributed by atoms with E-state index >= 15 is 0 Å². The lowest BCUT2D eigenvalue weighted by atomic mass is 10.3. The van der Waals surface area contributed by atoms with Crippen LogP contribution >= 0.6 is 0 Å². The summed E-state index contributed by atoms with van der Waals surface area (Å²) in [5, 5.41) is 0. The Morgan fingerprint density at radius 1 is 1.37 bits per heavy atom.